The van der Waals surface area contributed by atoms with E-state index in [-0.39, 0.29) is 16.6 Å². The fourth-order valence-corrected chi connectivity index (χ4v) is 2.57. The van der Waals surface area contributed by atoms with Crippen molar-refractivity contribution in [3.05, 3.63) is 29.8 Å². The molecule has 1 amide bonds. The highest BCUT2D eigenvalue weighted by Crippen LogP contribution is 2.24. The number of sulfonamides is 1. The van der Waals surface area contributed by atoms with Gasteiger partial charge in [-0.1, -0.05) is 25.8 Å². The third-order valence-electron chi connectivity index (χ3n) is 3.00. The van der Waals surface area contributed by atoms with Gasteiger partial charge in [0, 0.05) is 12.6 Å². The maximum atomic E-state index is 11.6. The third kappa shape index (κ3) is 5.87. The molecule has 122 valence electrons. The van der Waals surface area contributed by atoms with Gasteiger partial charge in [0.1, 0.15) is 10.6 Å². The summed E-state index contributed by atoms with van der Waals surface area (Å²) in [6.45, 7) is 2.72. The molecule has 7 heteroatoms. The molecular weight excluding hydrogens is 304 g/mol. The summed E-state index contributed by atoms with van der Waals surface area (Å²) in [4.78, 5) is 11.5. The zero-order valence-corrected chi connectivity index (χ0v) is 13.7. The van der Waals surface area contributed by atoms with Gasteiger partial charge in [-0.05, 0) is 30.2 Å². The van der Waals surface area contributed by atoms with Crippen molar-refractivity contribution in [3.63, 3.8) is 0 Å². The zero-order valence-electron chi connectivity index (χ0n) is 12.8. The molecule has 0 radical (unpaired) electrons. The standard InChI is InChI=1S/C15H22N2O4S/c1-3-4-5-10-17-15(18)9-7-12-6-8-13(21-2)14(11-12)22(16,19)20/h6-9,11H,3-5,10H2,1-2H3,(H,17,18)(H2,16,19,20)/b9-7+. The second-order valence-electron chi connectivity index (χ2n) is 4.79. The van der Waals surface area contributed by atoms with Crippen LogP contribution in [0.2, 0.25) is 0 Å². The number of amides is 1. The van der Waals surface area contributed by atoms with E-state index >= 15 is 0 Å². The lowest BCUT2D eigenvalue weighted by Crippen LogP contribution is -2.21. The zero-order chi connectivity index (χ0) is 16.6. The molecule has 6 nitrogen and oxygen atoms in total. The number of unbranched alkanes of at least 4 members (excludes halogenated alkanes) is 2. The Bertz CT molecular complexity index is 639. The van der Waals surface area contributed by atoms with E-state index in [9.17, 15) is 13.2 Å². The van der Waals surface area contributed by atoms with E-state index in [4.69, 9.17) is 9.88 Å². The highest BCUT2D eigenvalue weighted by Gasteiger charge is 2.14. The van der Waals surface area contributed by atoms with E-state index in [1.54, 1.807) is 6.07 Å². The Morgan fingerprint density at radius 3 is 2.68 bits per heavy atom. The topological polar surface area (TPSA) is 98.5 Å². The molecule has 0 saturated carbocycles. The smallest absolute Gasteiger partial charge is 0.243 e. The van der Waals surface area contributed by atoms with Crippen LogP contribution in [0.15, 0.2) is 29.2 Å². The summed E-state index contributed by atoms with van der Waals surface area (Å²) in [5.41, 5.74) is 0.550. The molecule has 1 rings (SSSR count). The fraction of sp³-hybridized carbons (Fsp3) is 0.400. The first kappa shape index (κ1) is 18.2. The number of ether oxygens (including phenoxy) is 1. The minimum atomic E-state index is -3.89. The van der Waals surface area contributed by atoms with Gasteiger partial charge in [0.2, 0.25) is 15.9 Å². The SMILES string of the molecule is CCCCCNC(=O)/C=C/c1ccc(OC)c(S(N)(=O)=O)c1. The summed E-state index contributed by atoms with van der Waals surface area (Å²) in [5.74, 6) is -0.0484. The second kappa shape index (κ2) is 8.55. The van der Waals surface area contributed by atoms with E-state index in [0.717, 1.165) is 19.3 Å². The molecule has 0 aliphatic carbocycles. The fourth-order valence-electron chi connectivity index (χ4n) is 1.84. The van der Waals surface area contributed by atoms with Gasteiger partial charge in [-0.3, -0.25) is 4.79 Å². The van der Waals surface area contributed by atoms with Gasteiger partial charge in [-0.2, -0.15) is 0 Å². The number of hydrogen-bond acceptors (Lipinski definition) is 4. The van der Waals surface area contributed by atoms with Crippen molar-refractivity contribution in [1.82, 2.24) is 5.32 Å². The summed E-state index contributed by atoms with van der Waals surface area (Å²) in [6, 6.07) is 4.52. The van der Waals surface area contributed by atoms with Crippen LogP contribution in [0.5, 0.6) is 5.75 Å². The molecule has 3 N–H and O–H groups in total. The maximum absolute atomic E-state index is 11.6. The number of primary sulfonamides is 1. The van der Waals surface area contributed by atoms with Crippen LogP contribution < -0.4 is 15.2 Å². The lowest BCUT2D eigenvalue weighted by Gasteiger charge is -2.07. The number of nitrogens with two attached hydrogens (primary N) is 1. The lowest BCUT2D eigenvalue weighted by molar-refractivity contribution is -0.116. The van der Waals surface area contributed by atoms with Crippen molar-refractivity contribution in [2.24, 2.45) is 5.14 Å². The van der Waals surface area contributed by atoms with Crippen LogP contribution >= 0.6 is 0 Å². The van der Waals surface area contributed by atoms with Gasteiger partial charge in [-0.25, -0.2) is 13.6 Å². The Kier molecular flexibility index (Phi) is 7.07. The van der Waals surface area contributed by atoms with Crippen LogP contribution in [0.3, 0.4) is 0 Å². The summed E-state index contributed by atoms with van der Waals surface area (Å²) >= 11 is 0. The summed E-state index contributed by atoms with van der Waals surface area (Å²) in [5, 5.41) is 7.90. The highest BCUT2D eigenvalue weighted by molar-refractivity contribution is 7.89. The molecule has 1 aromatic rings. The van der Waals surface area contributed by atoms with E-state index in [2.05, 4.69) is 12.2 Å². The second-order valence-corrected chi connectivity index (χ2v) is 6.32. The largest absolute Gasteiger partial charge is 0.495 e. The average Bonchev–Trinajstić information content (AvgIpc) is 2.48. The Labute approximate surface area is 131 Å². The summed E-state index contributed by atoms with van der Waals surface area (Å²) in [7, 11) is -2.52. The predicted octanol–water partition coefficient (Wildman–Crippen LogP) is 1.66. The molecule has 0 spiro atoms. The molecule has 22 heavy (non-hydrogen) atoms. The van der Waals surface area contributed by atoms with Crippen molar-refractivity contribution < 1.29 is 17.9 Å². The molecule has 0 aromatic heterocycles. The maximum Gasteiger partial charge on any atom is 0.243 e. The predicted molar refractivity (Wildman–Crippen MR) is 85.9 cm³/mol. The summed E-state index contributed by atoms with van der Waals surface area (Å²) in [6.07, 6.45) is 5.99. The number of methoxy groups -OCH3 is 1. The van der Waals surface area contributed by atoms with Crippen molar-refractivity contribution >= 4 is 22.0 Å². The van der Waals surface area contributed by atoms with Crippen LogP contribution in [0.1, 0.15) is 31.7 Å². The average molecular weight is 326 g/mol. The van der Waals surface area contributed by atoms with E-state index in [0.29, 0.717) is 12.1 Å². The summed E-state index contributed by atoms with van der Waals surface area (Å²) < 4.78 is 28.0. The molecule has 0 heterocycles. The van der Waals surface area contributed by atoms with Crippen molar-refractivity contribution in [3.8, 4) is 5.75 Å². The van der Waals surface area contributed by atoms with Crippen molar-refractivity contribution in [2.75, 3.05) is 13.7 Å². The molecule has 1 aromatic carbocycles. The molecule has 0 aliphatic rings. The number of benzene rings is 1. The van der Waals surface area contributed by atoms with Crippen molar-refractivity contribution in [1.29, 1.82) is 0 Å². The first-order valence-corrected chi connectivity index (χ1v) is 8.60. The number of hydrogen-bond donors (Lipinski definition) is 2. The Hall–Kier alpha value is -1.86. The molecule has 0 bridgehead atoms. The monoisotopic (exact) mass is 326 g/mol. The first-order chi connectivity index (χ1) is 10.4. The first-order valence-electron chi connectivity index (χ1n) is 7.05. The molecule has 0 saturated heterocycles. The molecule has 0 unspecified atom stereocenters. The minimum Gasteiger partial charge on any atom is -0.495 e. The molecule has 0 fully saturated rings. The van der Waals surface area contributed by atoms with Crippen LogP contribution in [-0.4, -0.2) is 28.0 Å². The Balaban J connectivity index is 2.78. The minimum absolute atomic E-state index is 0.111. The Morgan fingerprint density at radius 2 is 2.09 bits per heavy atom. The van der Waals surface area contributed by atoms with Gasteiger partial charge in [0.25, 0.3) is 0 Å². The van der Waals surface area contributed by atoms with Crippen LogP contribution in [-0.2, 0) is 14.8 Å². The van der Waals surface area contributed by atoms with Crippen LogP contribution in [0.4, 0.5) is 0 Å². The van der Waals surface area contributed by atoms with Gasteiger partial charge < -0.3 is 10.1 Å². The van der Waals surface area contributed by atoms with Gasteiger partial charge >= 0.3 is 0 Å². The highest BCUT2D eigenvalue weighted by atomic mass is 32.2. The number of rotatable bonds is 8. The van der Waals surface area contributed by atoms with E-state index in [1.165, 1.54) is 31.4 Å². The quantitative estimate of drug-likeness (QED) is 0.560. The van der Waals surface area contributed by atoms with Crippen molar-refractivity contribution in [2.45, 2.75) is 31.1 Å². The molecular formula is C15H22N2O4S. The third-order valence-corrected chi connectivity index (χ3v) is 3.93. The Morgan fingerprint density at radius 1 is 1.36 bits per heavy atom. The molecule has 0 aliphatic heterocycles. The van der Waals surface area contributed by atoms with Gasteiger partial charge in [0.15, 0.2) is 0 Å². The number of carbonyl (C=O) groups is 1. The lowest BCUT2D eigenvalue weighted by atomic mass is 10.2. The number of carbonyl (C=O) groups excluding carboxylic acids is 1. The normalized spacial score (nSPS) is 11.6. The van der Waals surface area contributed by atoms with E-state index < -0.39 is 10.0 Å². The van der Waals surface area contributed by atoms with Crippen LogP contribution in [0.25, 0.3) is 6.08 Å². The number of nitrogens with one attached hydrogen (secondary N) is 1. The molecule has 0 atom stereocenters. The van der Waals surface area contributed by atoms with Crippen LogP contribution in [0, 0.1) is 0 Å². The van der Waals surface area contributed by atoms with Gasteiger partial charge in [-0.15, -0.1) is 0 Å². The van der Waals surface area contributed by atoms with E-state index in [1.807, 2.05) is 0 Å². The van der Waals surface area contributed by atoms with Gasteiger partial charge in [0.05, 0.1) is 7.11 Å².